The van der Waals surface area contributed by atoms with Crippen LogP contribution in [0, 0.1) is 23.7 Å². The zero-order chi connectivity index (χ0) is 31.3. The summed E-state index contributed by atoms with van der Waals surface area (Å²) in [5.41, 5.74) is 1.07. The first-order valence-electron chi connectivity index (χ1n) is 18.1. The van der Waals surface area contributed by atoms with Crippen molar-refractivity contribution in [2.75, 3.05) is 0 Å². The van der Waals surface area contributed by atoms with E-state index in [4.69, 9.17) is 14.2 Å². The van der Waals surface area contributed by atoms with Crippen molar-refractivity contribution in [3.63, 3.8) is 0 Å². The third kappa shape index (κ3) is 10.6. The fourth-order valence-corrected chi connectivity index (χ4v) is 7.80. The summed E-state index contributed by atoms with van der Waals surface area (Å²) in [6.07, 6.45) is 21.9. The third-order valence-electron chi connectivity index (χ3n) is 10.7. The van der Waals surface area contributed by atoms with Crippen LogP contribution in [0.4, 0.5) is 0 Å². The fraction of sp³-hybridized carbons (Fsp3) is 0.763. The maximum Gasteiger partial charge on any atom is 0.314 e. The lowest BCUT2D eigenvalue weighted by molar-refractivity contribution is -0.157. The van der Waals surface area contributed by atoms with E-state index >= 15 is 0 Å². The van der Waals surface area contributed by atoms with E-state index in [-0.39, 0.29) is 35.8 Å². The van der Waals surface area contributed by atoms with Gasteiger partial charge in [-0.05, 0) is 112 Å². The van der Waals surface area contributed by atoms with Gasteiger partial charge in [-0.25, -0.2) is 0 Å². The minimum absolute atomic E-state index is 0.00810. The monoisotopic (exact) mass is 610 g/mol. The second-order valence-electron chi connectivity index (χ2n) is 14.1. The number of rotatable bonds is 14. The Morgan fingerprint density at radius 3 is 1.70 bits per heavy atom. The van der Waals surface area contributed by atoms with E-state index in [9.17, 15) is 14.4 Å². The van der Waals surface area contributed by atoms with Crippen molar-refractivity contribution in [1.29, 1.82) is 0 Å². The summed E-state index contributed by atoms with van der Waals surface area (Å²) in [7, 11) is 0. The van der Waals surface area contributed by atoms with Gasteiger partial charge in [0, 0.05) is 6.92 Å². The zero-order valence-electron chi connectivity index (χ0n) is 27.8. The van der Waals surface area contributed by atoms with Crippen LogP contribution in [0.1, 0.15) is 161 Å². The molecular formula is C38H58O6. The molecule has 0 spiro atoms. The van der Waals surface area contributed by atoms with Gasteiger partial charge in [-0.3, -0.25) is 14.4 Å². The number of hydrogen-bond donors (Lipinski definition) is 0. The molecule has 0 unspecified atom stereocenters. The summed E-state index contributed by atoms with van der Waals surface area (Å²) < 4.78 is 17.4. The summed E-state index contributed by atoms with van der Waals surface area (Å²) in [5.74, 6) is 1.76. The first-order chi connectivity index (χ1) is 21.4. The molecular weight excluding hydrogens is 552 g/mol. The first-order valence-corrected chi connectivity index (χ1v) is 18.1. The molecule has 0 N–H and O–H groups in total. The molecule has 3 aliphatic carbocycles. The Bertz CT molecular complexity index is 1040. The highest BCUT2D eigenvalue weighted by molar-refractivity contribution is 5.77. The Labute approximate surface area is 266 Å². The minimum atomic E-state index is -0.433. The van der Waals surface area contributed by atoms with Crippen LogP contribution in [-0.4, -0.2) is 24.0 Å². The molecule has 0 heterocycles. The zero-order valence-corrected chi connectivity index (χ0v) is 27.8. The number of esters is 3. The Hall–Kier alpha value is -2.37. The maximum absolute atomic E-state index is 13.1. The molecule has 0 radical (unpaired) electrons. The lowest BCUT2D eigenvalue weighted by Gasteiger charge is -2.32. The van der Waals surface area contributed by atoms with Crippen molar-refractivity contribution >= 4 is 17.9 Å². The number of hydrogen-bond acceptors (Lipinski definition) is 6. The molecule has 0 amide bonds. The lowest BCUT2D eigenvalue weighted by Crippen LogP contribution is -2.29. The lowest BCUT2D eigenvalue weighted by atomic mass is 9.79. The predicted octanol–water partition coefficient (Wildman–Crippen LogP) is 9.86. The molecule has 1 aromatic rings. The first kappa shape index (κ1) is 34.5. The van der Waals surface area contributed by atoms with Crippen molar-refractivity contribution in [2.45, 2.75) is 161 Å². The highest BCUT2D eigenvalue weighted by Crippen LogP contribution is 2.40. The molecule has 0 atom stereocenters. The van der Waals surface area contributed by atoms with Gasteiger partial charge in [-0.1, -0.05) is 71.3 Å². The maximum atomic E-state index is 13.1. The topological polar surface area (TPSA) is 78.9 Å². The van der Waals surface area contributed by atoms with E-state index < -0.39 is 5.97 Å². The fourth-order valence-electron chi connectivity index (χ4n) is 7.80. The second-order valence-corrected chi connectivity index (χ2v) is 14.1. The molecule has 4 rings (SSSR count). The van der Waals surface area contributed by atoms with Crippen LogP contribution in [0.2, 0.25) is 0 Å². The van der Waals surface area contributed by atoms with Crippen molar-refractivity contribution in [3.05, 3.63) is 23.8 Å². The number of unbranched alkanes of at least 4 members (excludes halogenated alkanes) is 4. The van der Waals surface area contributed by atoms with E-state index in [0.717, 1.165) is 94.4 Å². The van der Waals surface area contributed by atoms with Gasteiger partial charge in [0.2, 0.25) is 0 Å². The Morgan fingerprint density at radius 2 is 1.18 bits per heavy atom. The molecule has 6 heteroatoms. The summed E-state index contributed by atoms with van der Waals surface area (Å²) in [5, 5.41) is 0. The molecule has 0 aliphatic heterocycles. The molecule has 6 nitrogen and oxygen atoms in total. The van der Waals surface area contributed by atoms with E-state index in [0.29, 0.717) is 11.5 Å². The van der Waals surface area contributed by atoms with E-state index in [1.165, 1.54) is 58.3 Å². The van der Waals surface area contributed by atoms with Crippen LogP contribution in [0.25, 0.3) is 0 Å². The molecule has 0 saturated heterocycles. The van der Waals surface area contributed by atoms with E-state index in [1.54, 1.807) is 6.07 Å². The van der Waals surface area contributed by atoms with Gasteiger partial charge in [0.25, 0.3) is 0 Å². The van der Waals surface area contributed by atoms with Crippen LogP contribution in [-0.2, 0) is 19.1 Å². The Morgan fingerprint density at radius 1 is 0.636 bits per heavy atom. The summed E-state index contributed by atoms with van der Waals surface area (Å²) in [6, 6.07) is 5.65. The number of carbonyl (C=O) groups is 3. The van der Waals surface area contributed by atoms with Crippen molar-refractivity contribution in [3.8, 4) is 11.5 Å². The summed E-state index contributed by atoms with van der Waals surface area (Å²) >= 11 is 0. The van der Waals surface area contributed by atoms with Gasteiger partial charge in [0.15, 0.2) is 11.5 Å². The molecule has 3 aliphatic rings. The van der Waals surface area contributed by atoms with Gasteiger partial charge < -0.3 is 14.2 Å². The summed E-state index contributed by atoms with van der Waals surface area (Å²) in [6.45, 7) is 5.85. The third-order valence-corrected chi connectivity index (χ3v) is 10.7. The van der Waals surface area contributed by atoms with Crippen molar-refractivity contribution in [1.82, 2.24) is 0 Å². The van der Waals surface area contributed by atoms with Crippen LogP contribution < -0.4 is 9.47 Å². The molecule has 246 valence electrons. The molecule has 1 aromatic carbocycles. The number of ether oxygens (including phenoxy) is 3. The molecule has 44 heavy (non-hydrogen) atoms. The van der Waals surface area contributed by atoms with Gasteiger partial charge in [0.1, 0.15) is 6.10 Å². The van der Waals surface area contributed by atoms with Crippen LogP contribution in [0.15, 0.2) is 18.2 Å². The van der Waals surface area contributed by atoms with Crippen LogP contribution >= 0.6 is 0 Å². The Kier molecular flexibility index (Phi) is 14.1. The predicted molar refractivity (Wildman–Crippen MR) is 174 cm³/mol. The SMILES string of the molecule is CCCCCC1CCC(C(=O)Oc2ccc(C3CCC(OC(=O)C4CCC(CCCCC)CC4)CC3)cc2OC(C)=O)CC1. The number of benzene rings is 1. The number of carbonyl (C=O) groups excluding carboxylic acids is 3. The minimum Gasteiger partial charge on any atom is -0.462 e. The second kappa shape index (κ2) is 17.9. The molecule has 0 bridgehead atoms. The van der Waals surface area contributed by atoms with Crippen molar-refractivity contribution in [2.24, 2.45) is 23.7 Å². The van der Waals surface area contributed by atoms with Gasteiger partial charge in [0.05, 0.1) is 11.8 Å². The van der Waals surface area contributed by atoms with Gasteiger partial charge in [-0.2, -0.15) is 0 Å². The quantitative estimate of drug-likeness (QED) is 0.118. The molecule has 3 saturated carbocycles. The molecule has 3 fully saturated rings. The largest absolute Gasteiger partial charge is 0.462 e. The summed E-state index contributed by atoms with van der Waals surface area (Å²) in [4.78, 5) is 37.9. The average molecular weight is 611 g/mol. The highest BCUT2D eigenvalue weighted by atomic mass is 16.6. The molecule has 0 aromatic heterocycles. The van der Waals surface area contributed by atoms with E-state index in [2.05, 4.69) is 13.8 Å². The standard InChI is InChI=1S/C38H58O6/c1-4-6-8-10-28-12-16-31(17-13-28)37(40)43-34-23-20-30(21-24-34)33-22-25-35(36(26-33)42-27(3)39)44-38(41)32-18-14-29(15-19-32)11-9-7-5-2/h22,25-26,28-32,34H,4-21,23-24H2,1-3H3. The highest BCUT2D eigenvalue weighted by Gasteiger charge is 2.32. The van der Waals surface area contributed by atoms with Crippen LogP contribution in [0.3, 0.4) is 0 Å². The van der Waals surface area contributed by atoms with Crippen molar-refractivity contribution < 1.29 is 28.6 Å². The Balaban J connectivity index is 1.24. The average Bonchev–Trinajstić information content (AvgIpc) is 3.03. The van der Waals surface area contributed by atoms with Gasteiger partial charge in [-0.15, -0.1) is 0 Å². The smallest absolute Gasteiger partial charge is 0.314 e. The normalized spacial score (nSPS) is 27.3. The van der Waals surface area contributed by atoms with Crippen LogP contribution in [0.5, 0.6) is 11.5 Å². The van der Waals surface area contributed by atoms with E-state index in [1.807, 2.05) is 12.1 Å². The van der Waals surface area contributed by atoms with Gasteiger partial charge >= 0.3 is 17.9 Å².